The third-order valence-electron chi connectivity index (χ3n) is 4.22. The molecule has 1 saturated carbocycles. The minimum atomic E-state index is 0.721. The first-order chi connectivity index (χ1) is 8.68. The molecule has 0 aliphatic heterocycles. The summed E-state index contributed by atoms with van der Waals surface area (Å²) in [7, 11) is 0. The molecular weight excluding hydrogens is 218 g/mol. The van der Waals surface area contributed by atoms with Crippen LogP contribution in [0.3, 0.4) is 0 Å². The molecule has 0 saturated heterocycles. The minimum Gasteiger partial charge on any atom is -0.316 e. The van der Waals surface area contributed by atoms with Gasteiger partial charge in [-0.1, -0.05) is 44.5 Å². The average molecular weight is 245 g/mol. The van der Waals surface area contributed by atoms with Crippen molar-refractivity contribution in [1.29, 1.82) is 0 Å². The number of aryl methyl sites for hydroxylation is 1. The maximum Gasteiger partial charge on any atom is 0.00230 e. The lowest BCUT2D eigenvalue weighted by molar-refractivity contribution is 0.253. The van der Waals surface area contributed by atoms with E-state index in [0.717, 1.165) is 30.8 Å². The molecule has 1 aliphatic rings. The van der Waals surface area contributed by atoms with Crippen LogP contribution in [0.25, 0.3) is 0 Å². The maximum atomic E-state index is 3.66. The van der Waals surface area contributed by atoms with Crippen LogP contribution in [0.1, 0.15) is 50.2 Å². The summed E-state index contributed by atoms with van der Waals surface area (Å²) in [6.45, 7) is 9.09. The molecule has 1 fully saturated rings. The van der Waals surface area contributed by atoms with E-state index in [4.69, 9.17) is 0 Å². The number of nitrogens with one attached hydrogen (secondary N) is 1. The molecule has 1 nitrogen and oxygen atoms in total. The second-order valence-corrected chi connectivity index (χ2v) is 6.21. The van der Waals surface area contributed by atoms with Crippen molar-refractivity contribution in [2.75, 3.05) is 13.1 Å². The summed E-state index contributed by atoms with van der Waals surface area (Å²) in [4.78, 5) is 0. The summed E-state index contributed by atoms with van der Waals surface area (Å²) in [5, 5.41) is 3.66. The summed E-state index contributed by atoms with van der Waals surface area (Å²) in [5.41, 5.74) is 3.03. The van der Waals surface area contributed by atoms with Crippen LogP contribution in [0.2, 0.25) is 0 Å². The number of benzene rings is 1. The molecule has 1 atom stereocenters. The van der Waals surface area contributed by atoms with Gasteiger partial charge in [-0.15, -0.1) is 0 Å². The third-order valence-corrected chi connectivity index (χ3v) is 4.22. The molecule has 0 amide bonds. The SMILES string of the molecule is Cc1ccccc1C(CNCC(C)C)C1CCC1. The zero-order chi connectivity index (χ0) is 13.0. The van der Waals surface area contributed by atoms with Crippen LogP contribution in [-0.4, -0.2) is 13.1 Å². The van der Waals surface area contributed by atoms with Crippen LogP contribution >= 0.6 is 0 Å². The lowest BCUT2D eigenvalue weighted by Crippen LogP contribution is -2.32. The van der Waals surface area contributed by atoms with Crippen LogP contribution in [0, 0.1) is 18.8 Å². The summed E-state index contributed by atoms with van der Waals surface area (Å²) in [6, 6.07) is 8.92. The Labute approximate surface area is 112 Å². The van der Waals surface area contributed by atoms with Gasteiger partial charge >= 0.3 is 0 Å². The zero-order valence-corrected chi connectivity index (χ0v) is 12.1. The van der Waals surface area contributed by atoms with E-state index in [9.17, 15) is 0 Å². The molecule has 2 rings (SSSR count). The highest BCUT2D eigenvalue weighted by Gasteiger charge is 2.28. The fraction of sp³-hybridized carbons (Fsp3) is 0.647. The van der Waals surface area contributed by atoms with Crippen molar-refractivity contribution < 1.29 is 0 Å². The van der Waals surface area contributed by atoms with Crippen LogP contribution in [0.4, 0.5) is 0 Å². The molecule has 100 valence electrons. The molecule has 0 bridgehead atoms. The molecule has 0 heterocycles. The van der Waals surface area contributed by atoms with E-state index in [-0.39, 0.29) is 0 Å². The lowest BCUT2D eigenvalue weighted by atomic mass is 9.72. The van der Waals surface area contributed by atoms with Crippen LogP contribution in [-0.2, 0) is 0 Å². The van der Waals surface area contributed by atoms with Crippen molar-refractivity contribution in [3.05, 3.63) is 35.4 Å². The number of hydrogen-bond donors (Lipinski definition) is 1. The highest BCUT2D eigenvalue weighted by molar-refractivity contribution is 5.30. The highest BCUT2D eigenvalue weighted by atomic mass is 14.9. The molecule has 1 aliphatic carbocycles. The third kappa shape index (κ3) is 3.35. The van der Waals surface area contributed by atoms with Crippen molar-refractivity contribution in [3.63, 3.8) is 0 Å². The van der Waals surface area contributed by atoms with Gasteiger partial charge in [0.2, 0.25) is 0 Å². The molecule has 1 heteroatoms. The molecule has 1 aromatic rings. The van der Waals surface area contributed by atoms with Crippen molar-refractivity contribution in [2.24, 2.45) is 11.8 Å². The summed E-state index contributed by atoms with van der Waals surface area (Å²) in [6.07, 6.45) is 4.27. The Bertz CT molecular complexity index is 366. The Kier molecular flexibility index (Phi) is 4.82. The van der Waals surface area contributed by atoms with E-state index in [1.165, 1.54) is 24.8 Å². The Morgan fingerprint density at radius 1 is 1.17 bits per heavy atom. The van der Waals surface area contributed by atoms with E-state index in [0.29, 0.717) is 0 Å². The van der Waals surface area contributed by atoms with Gasteiger partial charge in [0.05, 0.1) is 0 Å². The molecule has 0 aromatic heterocycles. The summed E-state index contributed by atoms with van der Waals surface area (Å²) >= 11 is 0. The van der Waals surface area contributed by atoms with Gasteiger partial charge in [-0.05, 0) is 55.2 Å². The predicted octanol–water partition coefficient (Wildman–Crippen LogP) is 4.12. The minimum absolute atomic E-state index is 0.721. The monoisotopic (exact) mass is 245 g/mol. The van der Waals surface area contributed by atoms with Gasteiger partial charge < -0.3 is 5.32 Å². The highest BCUT2D eigenvalue weighted by Crippen LogP contribution is 2.39. The first-order valence-electron chi connectivity index (χ1n) is 7.44. The quantitative estimate of drug-likeness (QED) is 0.795. The largest absolute Gasteiger partial charge is 0.316 e. The Morgan fingerprint density at radius 3 is 2.44 bits per heavy atom. The Hall–Kier alpha value is -0.820. The van der Waals surface area contributed by atoms with Gasteiger partial charge in [0.1, 0.15) is 0 Å². The molecule has 1 unspecified atom stereocenters. The number of hydrogen-bond acceptors (Lipinski definition) is 1. The molecule has 0 spiro atoms. The second kappa shape index (κ2) is 6.38. The van der Waals surface area contributed by atoms with E-state index in [1.54, 1.807) is 5.56 Å². The lowest BCUT2D eigenvalue weighted by Gasteiger charge is -2.35. The smallest absolute Gasteiger partial charge is 0.00230 e. The Morgan fingerprint density at radius 2 is 1.89 bits per heavy atom. The molecular formula is C17H27N. The maximum absolute atomic E-state index is 3.66. The topological polar surface area (TPSA) is 12.0 Å². The summed E-state index contributed by atoms with van der Waals surface area (Å²) in [5.74, 6) is 2.37. The van der Waals surface area contributed by atoms with Crippen molar-refractivity contribution in [1.82, 2.24) is 5.32 Å². The van der Waals surface area contributed by atoms with Crippen molar-refractivity contribution >= 4 is 0 Å². The summed E-state index contributed by atoms with van der Waals surface area (Å²) < 4.78 is 0. The van der Waals surface area contributed by atoms with Crippen molar-refractivity contribution in [2.45, 2.75) is 46.0 Å². The van der Waals surface area contributed by atoms with Crippen LogP contribution in [0.5, 0.6) is 0 Å². The Balaban J connectivity index is 2.03. The molecule has 18 heavy (non-hydrogen) atoms. The molecule has 0 radical (unpaired) electrons. The van der Waals surface area contributed by atoms with E-state index < -0.39 is 0 Å². The second-order valence-electron chi connectivity index (χ2n) is 6.21. The number of rotatable bonds is 6. The van der Waals surface area contributed by atoms with Crippen molar-refractivity contribution in [3.8, 4) is 0 Å². The van der Waals surface area contributed by atoms with Crippen LogP contribution < -0.4 is 5.32 Å². The van der Waals surface area contributed by atoms with E-state index in [2.05, 4.69) is 50.4 Å². The van der Waals surface area contributed by atoms with Crippen LogP contribution in [0.15, 0.2) is 24.3 Å². The van der Waals surface area contributed by atoms with Gasteiger partial charge in [-0.25, -0.2) is 0 Å². The average Bonchev–Trinajstić information content (AvgIpc) is 2.25. The predicted molar refractivity (Wildman–Crippen MR) is 79.0 cm³/mol. The fourth-order valence-electron chi connectivity index (χ4n) is 2.90. The van der Waals surface area contributed by atoms with Gasteiger partial charge in [-0.3, -0.25) is 0 Å². The molecule has 1 aromatic carbocycles. The molecule has 1 N–H and O–H groups in total. The normalized spacial score (nSPS) is 17.8. The zero-order valence-electron chi connectivity index (χ0n) is 12.1. The van der Waals surface area contributed by atoms with Gasteiger partial charge in [0.15, 0.2) is 0 Å². The first-order valence-corrected chi connectivity index (χ1v) is 7.44. The standard InChI is InChI=1S/C17H27N/c1-13(2)11-18-12-17(15-8-6-9-15)16-10-5-4-7-14(16)3/h4-5,7,10,13,15,17-18H,6,8-9,11-12H2,1-3H3. The first kappa shape index (κ1) is 13.6. The van der Waals surface area contributed by atoms with Gasteiger partial charge in [-0.2, -0.15) is 0 Å². The van der Waals surface area contributed by atoms with Gasteiger partial charge in [0, 0.05) is 6.54 Å². The van der Waals surface area contributed by atoms with E-state index >= 15 is 0 Å². The van der Waals surface area contributed by atoms with E-state index in [1.807, 2.05) is 0 Å². The fourth-order valence-corrected chi connectivity index (χ4v) is 2.90. The van der Waals surface area contributed by atoms with Gasteiger partial charge in [0.25, 0.3) is 0 Å².